The summed E-state index contributed by atoms with van der Waals surface area (Å²) in [7, 11) is 0. The lowest BCUT2D eigenvalue weighted by Gasteiger charge is -2.00. The van der Waals surface area contributed by atoms with Crippen molar-refractivity contribution in [1.82, 2.24) is 9.97 Å². The maximum atomic E-state index is 4.02. The number of nitrogens with zero attached hydrogens (tertiary/aromatic N) is 2. The van der Waals surface area contributed by atoms with Crippen molar-refractivity contribution in [2.45, 2.75) is 12.1 Å². The molecule has 0 fully saturated rings. The Kier molecular flexibility index (Phi) is 4.13. The van der Waals surface area contributed by atoms with Crippen LogP contribution < -0.4 is 0 Å². The standard InChI is InChI=1S/C11H12N2S/c1-3-5-9(6-4-2)10-7-12-11(14)13-8-10/h3-8H,1H2,2H3,(H,12,13,14)/b6-4-,9-5+. The summed E-state index contributed by atoms with van der Waals surface area (Å²) in [5, 5.41) is 0.479. The number of allylic oxidation sites excluding steroid dienone is 5. The molecule has 0 aliphatic rings. The van der Waals surface area contributed by atoms with Gasteiger partial charge < -0.3 is 0 Å². The van der Waals surface area contributed by atoms with E-state index >= 15 is 0 Å². The topological polar surface area (TPSA) is 25.8 Å². The Balaban J connectivity index is 3.05. The largest absolute Gasteiger partial charge is 0.231 e. The zero-order valence-corrected chi connectivity index (χ0v) is 8.91. The van der Waals surface area contributed by atoms with E-state index in [4.69, 9.17) is 0 Å². The Morgan fingerprint density at radius 1 is 1.43 bits per heavy atom. The van der Waals surface area contributed by atoms with Crippen molar-refractivity contribution < 1.29 is 0 Å². The molecule has 1 aromatic heterocycles. The summed E-state index contributed by atoms with van der Waals surface area (Å²) in [5.74, 6) is 0. The SMILES string of the molecule is C=C/C=C(\C=C/C)c1cnc(S)nc1. The molecule has 0 aromatic carbocycles. The monoisotopic (exact) mass is 204 g/mol. The molecule has 1 heterocycles. The first-order valence-electron chi connectivity index (χ1n) is 4.24. The van der Waals surface area contributed by atoms with Crippen molar-refractivity contribution in [3.8, 4) is 0 Å². The van der Waals surface area contributed by atoms with Gasteiger partial charge in [-0.1, -0.05) is 30.9 Å². The van der Waals surface area contributed by atoms with Gasteiger partial charge >= 0.3 is 0 Å². The molecule has 72 valence electrons. The number of hydrogen-bond acceptors (Lipinski definition) is 3. The molecule has 2 nitrogen and oxygen atoms in total. The zero-order valence-electron chi connectivity index (χ0n) is 8.01. The first-order chi connectivity index (χ1) is 6.77. The first-order valence-corrected chi connectivity index (χ1v) is 4.69. The summed E-state index contributed by atoms with van der Waals surface area (Å²) >= 11 is 4.02. The van der Waals surface area contributed by atoms with Gasteiger partial charge in [0, 0.05) is 18.0 Å². The molecule has 3 heteroatoms. The zero-order chi connectivity index (χ0) is 10.4. The van der Waals surface area contributed by atoms with Crippen molar-refractivity contribution in [1.29, 1.82) is 0 Å². The molecule has 0 saturated carbocycles. The highest BCUT2D eigenvalue weighted by Gasteiger charge is 1.97. The average Bonchev–Trinajstić information content (AvgIpc) is 2.19. The van der Waals surface area contributed by atoms with Crippen LogP contribution in [0.4, 0.5) is 0 Å². The predicted octanol–water partition coefficient (Wildman–Crippen LogP) is 2.91. The molecule has 0 N–H and O–H groups in total. The molecule has 0 aliphatic carbocycles. The third-order valence-corrected chi connectivity index (χ3v) is 1.85. The van der Waals surface area contributed by atoms with E-state index in [9.17, 15) is 0 Å². The first kappa shape index (κ1) is 10.7. The van der Waals surface area contributed by atoms with Gasteiger partial charge in [-0.25, -0.2) is 9.97 Å². The van der Waals surface area contributed by atoms with E-state index in [1.54, 1.807) is 18.5 Å². The van der Waals surface area contributed by atoms with Crippen LogP contribution in [-0.2, 0) is 0 Å². The minimum absolute atomic E-state index is 0.479. The molecule has 0 atom stereocenters. The molecule has 0 aliphatic heterocycles. The molecular weight excluding hydrogens is 192 g/mol. The lowest BCUT2D eigenvalue weighted by atomic mass is 10.1. The van der Waals surface area contributed by atoms with Gasteiger partial charge in [0.1, 0.15) is 0 Å². The van der Waals surface area contributed by atoms with Crippen LogP contribution >= 0.6 is 12.6 Å². The fraction of sp³-hybridized carbons (Fsp3) is 0.0909. The van der Waals surface area contributed by atoms with Crippen LogP contribution in [0.25, 0.3) is 5.57 Å². The van der Waals surface area contributed by atoms with Crippen LogP contribution in [0.15, 0.2) is 48.4 Å². The Morgan fingerprint density at radius 3 is 2.57 bits per heavy atom. The van der Waals surface area contributed by atoms with Crippen molar-refractivity contribution in [2.75, 3.05) is 0 Å². The predicted molar refractivity (Wildman–Crippen MR) is 62.3 cm³/mol. The summed E-state index contributed by atoms with van der Waals surface area (Å²) in [4.78, 5) is 8.02. The summed E-state index contributed by atoms with van der Waals surface area (Å²) in [5.41, 5.74) is 2.00. The maximum absolute atomic E-state index is 4.02. The van der Waals surface area contributed by atoms with Gasteiger partial charge in [-0.15, -0.1) is 12.6 Å². The second-order valence-electron chi connectivity index (χ2n) is 2.63. The Bertz CT molecular complexity index is 363. The van der Waals surface area contributed by atoms with E-state index in [0.717, 1.165) is 11.1 Å². The Morgan fingerprint density at radius 2 is 2.07 bits per heavy atom. The lowest BCUT2D eigenvalue weighted by Crippen LogP contribution is -1.87. The second-order valence-corrected chi connectivity index (χ2v) is 3.03. The average molecular weight is 204 g/mol. The van der Waals surface area contributed by atoms with E-state index in [2.05, 4.69) is 29.2 Å². The van der Waals surface area contributed by atoms with Gasteiger partial charge in [-0.05, 0) is 12.5 Å². The fourth-order valence-electron chi connectivity index (χ4n) is 1.02. The van der Waals surface area contributed by atoms with Gasteiger partial charge in [0.2, 0.25) is 0 Å². The maximum Gasteiger partial charge on any atom is 0.184 e. The van der Waals surface area contributed by atoms with Crippen LogP contribution in [-0.4, -0.2) is 9.97 Å². The Labute approximate surface area is 89.5 Å². The van der Waals surface area contributed by atoms with E-state index < -0.39 is 0 Å². The molecular formula is C11H12N2S. The number of rotatable bonds is 3. The van der Waals surface area contributed by atoms with Gasteiger partial charge in [0.25, 0.3) is 0 Å². The lowest BCUT2D eigenvalue weighted by molar-refractivity contribution is 0.968. The normalized spacial score (nSPS) is 12.0. The van der Waals surface area contributed by atoms with E-state index in [1.165, 1.54) is 0 Å². The minimum Gasteiger partial charge on any atom is -0.231 e. The highest BCUT2D eigenvalue weighted by Crippen LogP contribution is 2.14. The Hall–Kier alpha value is -1.35. The van der Waals surface area contributed by atoms with Crippen LogP contribution in [0.2, 0.25) is 0 Å². The molecule has 0 amide bonds. The summed E-state index contributed by atoms with van der Waals surface area (Å²) in [6.45, 7) is 5.62. The molecule has 0 saturated heterocycles. The number of hydrogen-bond donors (Lipinski definition) is 1. The van der Waals surface area contributed by atoms with Gasteiger partial charge in [0.15, 0.2) is 5.16 Å². The summed E-state index contributed by atoms with van der Waals surface area (Å²) in [6.07, 6.45) is 11.1. The number of aromatic nitrogens is 2. The molecule has 14 heavy (non-hydrogen) atoms. The van der Waals surface area contributed by atoms with Crippen LogP contribution in [0.1, 0.15) is 12.5 Å². The van der Waals surface area contributed by atoms with Gasteiger partial charge in [-0.3, -0.25) is 0 Å². The van der Waals surface area contributed by atoms with Gasteiger partial charge in [-0.2, -0.15) is 0 Å². The highest BCUT2D eigenvalue weighted by atomic mass is 32.1. The molecule has 0 spiro atoms. The summed E-state index contributed by atoms with van der Waals surface area (Å²) in [6, 6.07) is 0. The van der Waals surface area contributed by atoms with Crippen molar-refractivity contribution in [3.05, 3.63) is 48.8 Å². The van der Waals surface area contributed by atoms with E-state index in [1.807, 2.05) is 25.2 Å². The van der Waals surface area contributed by atoms with Crippen molar-refractivity contribution in [2.24, 2.45) is 0 Å². The third-order valence-electron chi connectivity index (χ3n) is 1.62. The molecule has 1 rings (SSSR count). The second kappa shape index (κ2) is 5.40. The van der Waals surface area contributed by atoms with Crippen molar-refractivity contribution in [3.63, 3.8) is 0 Å². The summed E-state index contributed by atoms with van der Waals surface area (Å²) < 4.78 is 0. The third kappa shape index (κ3) is 2.85. The van der Waals surface area contributed by atoms with E-state index in [0.29, 0.717) is 5.16 Å². The fourth-order valence-corrected chi connectivity index (χ4v) is 1.14. The smallest absolute Gasteiger partial charge is 0.184 e. The van der Waals surface area contributed by atoms with Gasteiger partial charge in [0.05, 0.1) is 0 Å². The minimum atomic E-state index is 0.479. The molecule has 0 bridgehead atoms. The highest BCUT2D eigenvalue weighted by molar-refractivity contribution is 7.80. The molecule has 0 radical (unpaired) electrons. The van der Waals surface area contributed by atoms with E-state index in [-0.39, 0.29) is 0 Å². The van der Waals surface area contributed by atoms with Crippen LogP contribution in [0, 0.1) is 0 Å². The quantitative estimate of drug-likeness (QED) is 0.465. The number of thiol groups is 1. The molecule has 0 unspecified atom stereocenters. The van der Waals surface area contributed by atoms with Crippen molar-refractivity contribution >= 4 is 18.2 Å². The van der Waals surface area contributed by atoms with Crippen LogP contribution in [0.3, 0.4) is 0 Å². The molecule has 1 aromatic rings. The van der Waals surface area contributed by atoms with Crippen LogP contribution in [0.5, 0.6) is 0 Å².